The molecule has 6 nitrogen and oxygen atoms in total. The zero-order valence-corrected chi connectivity index (χ0v) is 19.4. The maximum atomic E-state index is 13.7. The van der Waals surface area contributed by atoms with E-state index in [1.54, 1.807) is 36.4 Å². The molecule has 2 aliphatic rings. The second-order valence-corrected chi connectivity index (χ2v) is 10.3. The number of hydrogen-bond acceptors (Lipinski definition) is 5. The van der Waals surface area contributed by atoms with Crippen molar-refractivity contribution in [2.75, 3.05) is 35.8 Å². The molecule has 3 aromatic carbocycles. The summed E-state index contributed by atoms with van der Waals surface area (Å²) in [5.74, 6) is 1.04. The van der Waals surface area contributed by atoms with Crippen LogP contribution in [0.4, 0.5) is 17.1 Å². The summed E-state index contributed by atoms with van der Waals surface area (Å²) in [5, 5.41) is 3.42. The van der Waals surface area contributed by atoms with E-state index in [1.165, 1.54) is 36.7 Å². The van der Waals surface area contributed by atoms with E-state index in [-0.39, 0.29) is 4.90 Å². The predicted octanol–water partition coefficient (Wildman–Crippen LogP) is 5.61. The van der Waals surface area contributed by atoms with Crippen LogP contribution in [0, 0.1) is 0 Å². The third-order valence-electron chi connectivity index (χ3n) is 6.21. The van der Waals surface area contributed by atoms with Gasteiger partial charge in [-0.2, -0.15) is 0 Å². The Morgan fingerprint density at radius 3 is 2.03 bits per heavy atom. The fourth-order valence-electron chi connectivity index (χ4n) is 4.50. The summed E-state index contributed by atoms with van der Waals surface area (Å²) in [4.78, 5) is 2.77. The van der Waals surface area contributed by atoms with Crippen LogP contribution >= 0.6 is 0 Å². The highest BCUT2D eigenvalue weighted by atomic mass is 32.2. The van der Waals surface area contributed by atoms with Crippen LogP contribution in [-0.4, -0.2) is 39.5 Å². The monoisotopic (exact) mass is 463 g/mol. The summed E-state index contributed by atoms with van der Waals surface area (Å²) in [5.41, 5.74) is 1.95. The van der Waals surface area contributed by atoms with Gasteiger partial charge in [-0.05, 0) is 87.4 Å². The van der Waals surface area contributed by atoms with Crippen LogP contribution in [-0.2, 0) is 10.0 Å². The van der Waals surface area contributed by atoms with Gasteiger partial charge in [0.2, 0.25) is 0 Å². The molecule has 0 radical (unpaired) electrons. The Labute approximate surface area is 195 Å². The minimum Gasteiger partial charge on any atom is -0.453 e. The highest BCUT2D eigenvalue weighted by Gasteiger charge is 2.34. The molecule has 7 heteroatoms. The fourth-order valence-corrected chi connectivity index (χ4v) is 6.01. The van der Waals surface area contributed by atoms with Crippen molar-refractivity contribution >= 4 is 27.1 Å². The summed E-state index contributed by atoms with van der Waals surface area (Å²) >= 11 is 0. The van der Waals surface area contributed by atoms with Crippen molar-refractivity contribution in [3.63, 3.8) is 0 Å². The topological polar surface area (TPSA) is 61.9 Å². The largest absolute Gasteiger partial charge is 0.453 e. The van der Waals surface area contributed by atoms with Gasteiger partial charge in [0.15, 0.2) is 11.5 Å². The first kappa shape index (κ1) is 21.8. The number of likely N-dealkylation sites (tertiary alicyclic amines) is 1. The lowest BCUT2D eigenvalue weighted by molar-refractivity contribution is 0.228. The van der Waals surface area contributed by atoms with Crippen LogP contribution in [0.2, 0.25) is 0 Å². The molecule has 2 heterocycles. The maximum absolute atomic E-state index is 13.7. The third-order valence-corrected chi connectivity index (χ3v) is 7.95. The van der Waals surface area contributed by atoms with Crippen molar-refractivity contribution < 1.29 is 13.2 Å². The molecule has 0 unspecified atom stereocenters. The van der Waals surface area contributed by atoms with Crippen molar-refractivity contribution in [3.05, 3.63) is 72.8 Å². The first-order valence-corrected chi connectivity index (χ1v) is 13.0. The van der Waals surface area contributed by atoms with Crippen LogP contribution in [0.5, 0.6) is 11.5 Å². The maximum Gasteiger partial charge on any atom is 0.268 e. The lowest BCUT2D eigenvalue weighted by atomic mass is 10.1. The molecule has 3 aromatic rings. The molecule has 1 N–H and O–H groups in total. The Bertz CT molecular complexity index is 1160. The number of anilines is 3. The predicted molar refractivity (Wildman–Crippen MR) is 132 cm³/mol. The molecular formula is C26H29N3O3S. The van der Waals surface area contributed by atoms with Gasteiger partial charge < -0.3 is 15.0 Å². The van der Waals surface area contributed by atoms with Crippen LogP contribution in [0.3, 0.4) is 0 Å². The lowest BCUT2D eigenvalue weighted by Gasteiger charge is -2.31. The molecule has 0 bridgehead atoms. The summed E-state index contributed by atoms with van der Waals surface area (Å²) in [6.45, 7) is 4.39. The van der Waals surface area contributed by atoms with E-state index in [0.29, 0.717) is 22.9 Å². The lowest BCUT2D eigenvalue weighted by Crippen LogP contribution is -2.31. The Morgan fingerprint density at radius 2 is 1.39 bits per heavy atom. The number of ether oxygens (including phenoxy) is 1. The Morgan fingerprint density at radius 1 is 0.788 bits per heavy atom. The molecule has 5 rings (SSSR count). The van der Waals surface area contributed by atoms with Gasteiger partial charge in [0.25, 0.3) is 10.0 Å². The summed E-state index contributed by atoms with van der Waals surface area (Å²) in [6.07, 6.45) is 5.04. The van der Waals surface area contributed by atoms with Crippen molar-refractivity contribution in [2.45, 2.75) is 30.6 Å². The van der Waals surface area contributed by atoms with Crippen LogP contribution in [0.15, 0.2) is 77.7 Å². The Hall–Kier alpha value is -3.03. The van der Waals surface area contributed by atoms with Gasteiger partial charge in [0.1, 0.15) is 11.4 Å². The van der Waals surface area contributed by atoms with Gasteiger partial charge in [0.05, 0.1) is 4.90 Å². The van der Waals surface area contributed by atoms with Crippen molar-refractivity contribution in [2.24, 2.45) is 0 Å². The van der Waals surface area contributed by atoms with Crippen molar-refractivity contribution in [1.82, 2.24) is 4.90 Å². The molecule has 1 saturated heterocycles. The normalized spacial score (nSPS) is 15.9. The SMILES string of the molecule is O=S(=O)(c1ccc(NCCCN2CCCCC2)cc1)N1c2ccccc2Oc2ccccc21. The number of nitrogens with zero attached hydrogens (tertiary/aromatic N) is 2. The van der Waals surface area contributed by atoms with Crippen LogP contribution in [0.1, 0.15) is 25.7 Å². The minimum atomic E-state index is -3.83. The Kier molecular flexibility index (Phi) is 6.24. The van der Waals surface area contributed by atoms with Gasteiger partial charge in [-0.1, -0.05) is 30.7 Å². The molecule has 172 valence electrons. The number of piperidine rings is 1. The summed E-state index contributed by atoms with van der Waals surface area (Å²) in [6, 6.07) is 21.4. The smallest absolute Gasteiger partial charge is 0.268 e. The number of fused-ring (bicyclic) bond motifs is 2. The molecule has 0 atom stereocenters. The zero-order chi connectivity index (χ0) is 22.7. The van der Waals surface area contributed by atoms with Crippen molar-refractivity contribution in [3.8, 4) is 11.5 Å². The summed E-state index contributed by atoms with van der Waals surface area (Å²) in [7, 11) is -3.83. The van der Waals surface area contributed by atoms with E-state index in [9.17, 15) is 8.42 Å². The number of sulfonamides is 1. The third kappa shape index (κ3) is 4.56. The Balaban J connectivity index is 1.31. The molecule has 1 fully saturated rings. The fraction of sp³-hybridized carbons (Fsp3) is 0.308. The minimum absolute atomic E-state index is 0.243. The molecule has 33 heavy (non-hydrogen) atoms. The molecule has 0 spiro atoms. The van der Waals surface area contributed by atoms with Crippen LogP contribution in [0.25, 0.3) is 0 Å². The zero-order valence-electron chi connectivity index (χ0n) is 18.6. The standard InChI is InChI=1S/C26H29N3O3S/c30-33(31,29-23-9-2-4-11-25(23)32-26-12-5-3-10-24(26)29)22-15-13-21(14-16-22)27-17-8-20-28-18-6-1-7-19-28/h2-5,9-16,27H,1,6-8,17-20H2. The van der Waals surface area contributed by atoms with Gasteiger partial charge in [0, 0.05) is 12.2 Å². The highest BCUT2D eigenvalue weighted by molar-refractivity contribution is 7.93. The van der Waals surface area contributed by atoms with E-state index in [0.717, 1.165) is 25.2 Å². The number of nitrogens with one attached hydrogen (secondary N) is 1. The van der Waals surface area contributed by atoms with E-state index in [2.05, 4.69) is 10.2 Å². The first-order chi connectivity index (χ1) is 16.1. The van der Waals surface area contributed by atoms with E-state index in [1.807, 2.05) is 36.4 Å². The number of rotatable bonds is 7. The molecule has 2 aliphatic heterocycles. The van der Waals surface area contributed by atoms with Gasteiger partial charge in [-0.15, -0.1) is 0 Å². The molecule has 0 amide bonds. The van der Waals surface area contributed by atoms with Gasteiger partial charge in [-0.25, -0.2) is 12.7 Å². The second-order valence-electron chi connectivity index (χ2n) is 8.51. The average Bonchev–Trinajstić information content (AvgIpc) is 2.86. The first-order valence-electron chi connectivity index (χ1n) is 11.6. The average molecular weight is 464 g/mol. The molecule has 0 aliphatic carbocycles. The van der Waals surface area contributed by atoms with E-state index in [4.69, 9.17) is 4.74 Å². The van der Waals surface area contributed by atoms with Gasteiger partial charge in [-0.3, -0.25) is 0 Å². The summed E-state index contributed by atoms with van der Waals surface area (Å²) < 4.78 is 34.7. The second kappa shape index (κ2) is 9.45. The molecule has 0 saturated carbocycles. The number of benzene rings is 3. The molecular weight excluding hydrogens is 434 g/mol. The number of para-hydroxylation sites is 4. The van der Waals surface area contributed by atoms with Crippen LogP contribution < -0.4 is 14.4 Å². The number of hydrogen-bond donors (Lipinski definition) is 1. The van der Waals surface area contributed by atoms with E-state index < -0.39 is 10.0 Å². The van der Waals surface area contributed by atoms with Gasteiger partial charge >= 0.3 is 0 Å². The quantitative estimate of drug-likeness (QED) is 0.462. The molecule has 0 aromatic heterocycles. The van der Waals surface area contributed by atoms with E-state index >= 15 is 0 Å². The highest BCUT2D eigenvalue weighted by Crippen LogP contribution is 2.48. The van der Waals surface area contributed by atoms with Crippen molar-refractivity contribution in [1.29, 1.82) is 0 Å².